The van der Waals surface area contributed by atoms with Gasteiger partial charge in [-0.3, -0.25) is 0 Å². The molecule has 0 aliphatic carbocycles. The van der Waals surface area contributed by atoms with Crippen molar-refractivity contribution in [3.8, 4) is 0 Å². The van der Waals surface area contributed by atoms with Gasteiger partial charge in [0, 0.05) is 43.5 Å². The maximum absolute atomic E-state index is 2.39. The molecule has 0 spiro atoms. The summed E-state index contributed by atoms with van der Waals surface area (Å²) in [5.74, 6) is 0. The number of aromatic nitrogens is 1. The van der Waals surface area contributed by atoms with Gasteiger partial charge in [0.05, 0.1) is 5.52 Å². The Morgan fingerprint density at radius 1 is 0.800 bits per heavy atom. The van der Waals surface area contributed by atoms with Crippen LogP contribution < -0.4 is 0 Å². The van der Waals surface area contributed by atoms with Crippen molar-refractivity contribution in [3.63, 3.8) is 0 Å². The van der Waals surface area contributed by atoms with Crippen molar-refractivity contribution in [2.75, 3.05) is 0 Å². The molecule has 0 unspecified atom stereocenters. The molecule has 0 bridgehead atoms. The number of hydrogen-bond donors (Lipinski definition) is 0. The Labute approximate surface area is 151 Å². The lowest BCUT2D eigenvalue weighted by molar-refractivity contribution is 0.591. The van der Waals surface area contributed by atoms with E-state index in [1.165, 1.54) is 47.5 Å². The number of nitrogens with zero attached hydrogens (tertiary/aromatic N) is 1. The number of fused-ring (bicyclic) bond motifs is 7. The van der Waals surface area contributed by atoms with E-state index in [0.717, 1.165) is 0 Å². The van der Waals surface area contributed by atoms with E-state index in [4.69, 9.17) is 0 Å². The smallest absolute Gasteiger partial charge is 0.0583 e. The Hall–Kier alpha value is -2.32. The van der Waals surface area contributed by atoms with Crippen LogP contribution in [0.4, 0.5) is 0 Å². The molecule has 2 heterocycles. The monoisotopic (exact) mass is 343 g/mol. The molecular formula is C23H21NS. The van der Waals surface area contributed by atoms with Crippen LogP contribution in [0.3, 0.4) is 0 Å². The Kier molecular flexibility index (Phi) is 2.91. The molecule has 0 amide bonds. The first kappa shape index (κ1) is 15.0. The summed E-state index contributed by atoms with van der Waals surface area (Å²) in [7, 11) is 2.20. The van der Waals surface area contributed by atoms with Crippen LogP contribution in [0.15, 0.2) is 54.6 Å². The van der Waals surface area contributed by atoms with Gasteiger partial charge >= 0.3 is 0 Å². The number of thiophene rings is 1. The molecule has 5 rings (SSSR count). The van der Waals surface area contributed by atoms with Crippen molar-refractivity contribution >= 4 is 53.3 Å². The van der Waals surface area contributed by atoms with Gasteiger partial charge in [0.15, 0.2) is 0 Å². The zero-order valence-electron chi connectivity index (χ0n) is 15.1. The minimum Gasteiger partial charge on any atom is -0.343 e. The van der Waals surface area contributed by atoms with Crippen molar-refractivity contribution in [3.05, 3.63) is 60.2 Å². The van der Waals surface area contributed by atoms with E-state index in [1.54, 1.807) is 0 Å². The van der Waals surface area contributed by atoms with Crippen molar-refractivity contribution < 1.29 is 0 Å². The molecule has 0 saturated carbocycles. The zero-order chi connectivity index (χ0) is 17.3. The maximum atomic E-state index is 2.39. The molecule has 0 atom stereocenters. The predicted octanol–water partition coefficient (Wildman–Crippen LogP) is 7.00. The predicted molar refractivity (Wildman–Crippen MR) is 112 cm³/mol. The summed E-state index contributed by atoms with van der Waals surface area (Å²) >= 11 is 1.89. The first-order chi connectivity index (χ1) is 11.9. The number of hydrogen-bond acceptors (Lipinski definition) is 1. The van der Waals surface area contributed by atoms with Crippen LogP contribution >= 0.6 is 11.3 Å². The van der Waals surface area contributed by atoms with Gasteiger partial charge in [-0.25, -0.2) is 0 Å². The first-order valence-electron chi connectivity index (χ1n) is 8.78. The average Bonchev–Trinajstić information content (AvgIpc) is 3.10. The van der Waals surface area contributed by atoms with Crippen LogP contribution in [-0.4, -0.2) is 4.57 Å². The lowest BCUT2D eigenvalue weighted by atomic mass is 9.86. The second kappa shape index (κ2) is 4.86. The molecule has 5 aromatic rings. The Morgan fingerprint density at radius 3 is 2.40 bits per heavy atom. The van der Waals surface area contributed by atoms with Gasteiger partial charge in [-0.2, -0.15) is 0 Å². The molecule has 0 aliphatic rings. The van der Waals surface area contributed by atoms with Crippen molar-refractivity contribution in [1.82, 2.24) is 4.57 Å². The van der Waals surface area contributed by atoms with E-state index in [2.05, 4.69) is 87.0 Å². The summed E-state index contributed by atoms with van der Waals surface area (Å²) in [6.07, 6.45) is 0. The average molecular weight is 343 g/mol. The van der Waals surface area contributed by atoms with Crippen LogP contribution in [0, 0.1) is 0 Å². The fraction of sp³-hybridized carbons (Fsp3) is 0.217. The highest BCUT2D eigenvalue weighted by molar-refractivity contribution is 7.26. The van der Waals surface area contributed by atoms with Gasteiger partial charge in [-0.1, -0.05) is 51.1 Å². The normalized spacial score (nSPS) is 12.8. The molecule has 25 heavy (non-hydrogen) atoms. The summed E-state index contributed by atoms with van der Waals surface area (Å²) in [4.78, 5) is 0. The summed E-state index contributed by atoms with van der Waals surface area (Å²) < 4.78 is 5.11. The van der Waals surface area contributed by atoms with Gasteiger partial charge in [-0.15, -0.1) is 11.3 Å². The van der Waals surface area contributed by atoms with Crippen LogP contribution in [0.25, 0.3) is 42.0 Å². The van der Waals surface area contributed by atoms with Crippen LogP contribution in [0.2, 0.25) is 0 Å². The Bertz CT molecular complexity index is 1280. The molecule has 2 heteroatoms. The molecule has 1 nitrogen and oxygen atoms in total. The Balaban J connectivity index is 2.01. The van der Waals surface area contributed by atoms with Gasteiger partial charge < -0.3 is 4.57 Å². The van der Waals surface area contributed by atoms with Crippen LogP contribution in [0.1, 0.15) is 26.3 Å². The molecule has 3 aromatic carbocycles. The van der Waals surface area contributed by atoms with Gasteiger partial charge in [-0.05, 0) is 35.2 Å². The van der Waals surface area contributed by atoms with Crippen LogP contribution in [0.5, 0.6) is 0 Å². The zero-order valence-corrected chi connectivity index (χ0v) is 15.9. The van der Waals surface area contributed by atoms with Crippen LogP contribution in [-0.2, 0) is 12.5 Å². The quantitative estimate of drug-likeness (QED) is 0.285. The molecule has 0 radical (unpaired) electrons. The second-order valence-corrected chi connectivity index (χ2v) is 9.06. The maximum Gasteiger partial charge on any atom is 0.0583 e. The SMILES string of the molecule is Cn1c2ccc(C(C)(C)C)cc2c2ccc3sc4ccccc4c3c21. The minimum absolute atomic E-state index is 0.162. The second-order valence-electron chi connectivity index (χ2n) is 7.97. The van der Waals surface area contributed by atoms with Crippen molar-refractivity contribution in [2.45, 2.75) is 26.2 Å². The number of aryl methyl sites for hydroxylation is 1. The van der Waals surface area contributed by atoms with E-state index in [0.29, 0.717) is 0 Å². The first-order valence-corrected chi connectivity index (χ1v) is 9.60. The van der Waals surface area contributed by atoms with E-state index < -0.39 is 0 Å². The van der Waals surface area contributed by atoms with Gasteiger partial charge in [0.2, 0.25) is 0 Å². The molecule has 2 aromatic heterocycles. The third-order valence-electron chi connectivity index (χ3n) is 5.37. The topological polar surface area (TPSA) is 4.93 Å². The van der Waals surface area contributed by atoms with E-state index >= 15 is 0 Å². The van der Waals surface area contributed by atoms with Gasteiger partial charge in [0.25, 0.3) is 0 Å². The molecule has 0 fully saturated rings. The third kappa shape index (κ3) is 2.01. The fourth-order valence-electron chi connectivity index (χ4n) is 4.00. The molecule has 0 aliphatic heterocycles. The minimum atomic E-state index is 0.162. The molecule has 0 N–H and O–H groups in total. The molecule has 124 valence electrons. The third-order valence-corrected chi connectivity index (χ3v) is 6.50. The summed E-state index contributed by atoms with van der Waals surface area (Å²) in [5.41, 5.74) is 4.22. The van der Waals surface area contributed by atoms with Crippen molar-refractivity contribution in [1.29, 1.82) is 0 Å². The Morgan fingerprint density at radius 2 is 1.60 bits per heavy atom. The van der Waals surface area contributed by atoms with E-state index in [1.807, 2.05) is 11.3 Å². The highest BCUT2D eigenvalue weighted by atomic mass is 32.1. The summed E-state index contributed by atoms with van der Waals surface area (Å²) in [6.45, 7) is 6.84. The highest BCUT2D eigenvalue weighted by Gasteiger charge is 2.18. The molecular weight excluding hydrogens is 322 g/mol. The molecule has 0 saturated heterocycles. The lowest BCUT2D eigenvalue weighted by Crippen LogP contribution is -2.10. The highest BCUT2D eigenvalue weighted by Crippen LogP contribution is 2.41. The number of rotatable bonds is 0. The summed E-state index contributed by atoms with van der Waals surface area (Å²) in [6, 6.07) is 20.3. The fourth-order valence-corrected chi connectivity index (χ4v) is 5.10. The lowest BCUT2D eigenvalue weighted by Gasteiger charge is -2.19. The number of benzene rings is 3. The van der Waals surface area contributed by atoms with Gasteiger partial charge in [0.1, 0.15) is 0 Å². The van der Waals surface area contributed by atoms with E-state index in [-0.39, 0.29) is 5.41 Å². The van der Waals surface area contributed by atoms with E-state index in [9.17, 15) is 0 Å². The standard InChI is InChI=1S/C23H21NS/c1-23(2,3)14-9-11-18-17(13-14)15-10-12-20-21(22(15)24(18)4)16-7-5-6-8-19(16)25-20/h5-13H,1-4H3. The summed E-state index contributed by atoms with van der Waals surface area (Å²) in [5, 5.41) is 5.49. The van der Waals surface area contributed by atoms with Crippen molar-refractivity contribution in [2.24, 2.45) is 7.05 Å². The largest absolute Gasteiger partial charge is 0.343 e.